The van der Waals surface area contributed by atoms with Crippen molar-refractivity contribution >= 4 is 0 Å². The predicted molar refractivity (Wildman–Crippen MR) is 85.5 cm³/mol. The van der Waals surface area contributed by atoms with Gasteiger partial charge in [0.2, 0.25) is 0 Å². The molecular weight excluding hydrogens is 244 g/mol. The van der Waals surface area contributed by atoms with Crippen molar-refractivity contribution in [3.8, 4) is 0 Å². The van der Waals surface area contributed by atoms with E-state index in [1.807, 2.05) is 18.6 Å². The molecule has 0 atom stereocenters. The zero-order valence-electron chi connectivity index (χ0n) is 13.4. The van der Waals surface area contributed by atoms with Crippen LogP contribution >= 0.6 is 0 Å². The molecule has 0 aliphatic carbocycles. The molecule has 0 aliphatic rings. The number of aryl methyl sites for hydroxylation is 1. The summed E-state index contributed by atoms with van der Waals surface area (Å²) in [7, 11) is 0. The maximum Gasteiger partial charge on any atom is 0.286 e. The Labute approximate surface area is 125 Å². The van der Waals surface area contributed by atoms with E-state index in [0.717, 1.165) is 6.54 Å². The molecule has 0 radical (unpaired) electrons. The second kappa shape index (κ2) is 13.1. The van der Waals surface area contributed by atoms with Crippen molar-refractivity contribution in [3.05, 3.63) is 24.8 Å². The lowest BCUT2D eigenvalue weighted by molar-refractivity contribution is -0.700. The third-order valence-corrected chi connectivity index (χ3v) is 3.93. The number of unbranched alkanes of at least 4 members (excludes halogenated alkanes) is 11. The van der Waals surface area contributed by atoms with Gasteiger partial charge in [-0.05, 0) is 12.8 Å². The van der Waals surface area contributed by atoms with E-state index >= 15 is 0 Å². The zero-order valence-corrected chi connectivity index (χ0v) is 13.4. The van der Waals surface area contributed by atoms with E-state index in [2.05, 4.69) is 22.7 Å². The number of nitrogens with zero attached hydrogens (tertiary/aromatic N) is 2. The normalized spacial score (nSPS) is 10.8. The highest BCUT2D eigenvalue weighted by molar-refractivity contribution is 4.68. The van der Waals surface area contributed by atoms with Crippen LogP contribution in [0.15, 0.2) is 24.8 Å². The van der Waals surface area contributed by atoms with Gasteiger partial charge in [-0.15, -0.1) is 0 Å². The van der Waals surface area contributed by atoms with Gasteiger partial charge in [0.05, 0.1) is 12.7 Å². The van der Waals surface area contributed by atoms with E-state index < -0.39 is 0 Å². The molecule has 2 heteroatoms. The molecule has 0 N–H and O–H groups in total. The minimum absolute atomic E-state index is 1.12. The minimum atomic E-state index is 1.12. The molecule has 0 aromatic carbocycles. The van der Waals surface area contributed by atoms with Crippen molar-refractivity contribution in [1.82, 2.24) is 4.98 Å². The van der Waals surface area contributed by atoms with Gasteiger partial charge in [0.1, 0.15) is 6.20 Å². The molecule has 0 saturated heterocycles. The van der Waals surface area contributed by atoms with Crippen LogP contribution in [-0.4, -0.2) is 4.98 Å². The molecule has 20 heavy (non-hydrogen) atoms. The second-order valence-electron chi connectivity index (χ2n) is 5.88. The Bertz CT molecular complexity index is 298. The molecule has 0 saturated carbocycles. The minimum Gasteiger partial charge on any atom is -0.237 e. The third kappa shape index (κ3) is 9.94. The van der Waals surface area contributed by atoms with Crippen LogP contribution in [0.2, 0.25) is 0 Å². The Kier molecular flexibility index (Phi) is 11.2. The van der Waals surface area contributed by atoms with Crippen molar-refractivity contribution in [2.45, 2.75) is 90.5 Å². The van der Waals surface area contributed by atoms with Crippen LogP contribution in [0.25, 0.3) is 0 Å². The maximum atomic E-state index is 4.12. The summed E-state index contributed by atoms with van der Waals surface area (Å²) >= 11 is 0. The molecule has 2 nitrogen and oxygen atoms in total. The summed E-state index contributed by atoms with van der Waals surface area (Å²) in [6, 6.07) is 2.00. The Morgan fingerprint density at radius 2 is 1.30 bits per heavy atom. The fraction of sp³-hybridized carbons (Fsp3) is 0.778. The maximum absolute atomic E-state index is 4.12. The molecule has 0 aliphatic heterocycles. The van der Waals surface area contributed by atoms with Gasteiger partial charge in [0.25, 0.3) is 6.33 Å². The lowest BCUT2D eigenvalue weighted by Crippen LogP contribution is -2.32. The fourth-order valence-corrected chi connectivity index (χ4v) is 2.63. The quantitative estimate of drug-likeness (QED) is 0.363. The van der Waals surface area contributed by atoms with Gasteiger partial charge in [0.15, 0.2) is 0 Å². The van der Waals surface area contributed by atoms with E-state index in [9.17, 15) is 0 Å². The van der Waals surface area contributed by atoms with Crippen molar-refractivity contribution < 1.29 is 4.57 Å². The standard InChI is InChI=1S/C18H33N2/c1-2-3-4-5-6-7-8-9-10-11-12-13-16-20-17-14-15-19-18-20/h14-15,17-18H,2-13,16H2,1H3/q+1. The number of rotatable bonds is 13. The van der Waals surface area contributed by atoms with Crippen LogP contribution in [-0.2, 0) is 6.54 Å². The highest BCUT2D eigenvalue weighted by Gasteiger charge is 1.96. The van der Waals surface area contributed by atoms with Crippen molar-refractivity contribution in [2.75, 3.05) is 0 Å². The molecule has 0 amide bonds. The van der Waals surface area contributed by atoms with Crippen LogP contribution in [0.5, 0.6) is 0 Å². The average Bonchev–Trinajstić information content (AvgIpc) is 2.49. The Balaban J connectivity index is 1.77. The lowest BCUT2D eigenvalue weighted by Gasteiger charge is -2.02. The van der Waals surface area contributed by atoms with E-state index in [-0.39, 0.29) is 0 Å². The van der Waals surface area contributed by atoms with Crippen LogP contribution in [0, 0.1) is 0 Å². The highest BCUT2D eigenvalue weighted by Crippen LogP contribution is 2.11. The molecule has 0 fully saturated rings. The SMILES string of the molecule is CCCCCCCCCCCCCC[n+]1cccnc1. The third-order valence-electron chi connectivity index (χ3n) is 3.93. The van der Waals surface area contributed by atoms with Gasteiger partial charge in [-0.2, -0.15) is 0 Å². The summed E-state index contributed by atoms with van der Waals surface area (Å²) < 4.78 is 2.18. The average molecular weight is 277 g/mol. The largest absolute Gasteiger partial charge is 0.286 e. The van der Waals surface area contributed by atoms with Crippen molar-refractivity contribution in [3.63, 3.8) is 0 Å². The van der Waals surface area contributed by atoms with Gasteiger partial charge >= 0.3 is 0 Å². The van der Waals surface area contributed by atoms with Crippen molar-refractivity contribution in [2.24, 2.45) is 0 Å². The van der Waals surface area contributed by atoms with E-state index in [1.165, 1.54) is 77.0 Å². The fourth-order valence-electron chi connectivity index (χ4n) is 2.63. The zero-order chi connectivity index (χ0) is 14.3. The first-order valence-corrected chi connectivity index (χ1v) is 8.72. The van der Waals surface area contributed by atoms with Crippen LogP contribution in [0.3, 0.4) is 0 Å². The summed E-state index contributed by atoms with van der Waals surface area (Å²) in [5, 5.41) is 0. The molecule has 0 bridgehead atoms. The topological polar surface area (TPSA) is 16.8 Å². The van der Waals surface area contributed by atoms with E-state index in [0.29, 0.717) is 0 Å². The summed E-state index contributed by atoms with van der Waals surface area (Å²) in [5.74, 6) is 0. The smallest absolute Gasteiger partial charge is 0.237 e. The predicted octanol–water partition coefficient (Wildman–Crippen LogP) is 5.07. The molecule has 1 aromatic heterocycles. The van der Waals surface area contributed by atoms with Crippen LogP contribution in [0.1, 0.15) is 84.0 Å². The summed E-state index contributed by atoms with van der Waals surface area (Å²) in [4.78, 5) is 4.12. The Hall–Kier alpha value is -0.920. The second-order valence-corrected chi connectivity index (χ2v) is 5.88. The Morgan fingerprint density at radius 3 is 1.80 bits per heavy atom. The van der Waals surface area contributed by atoms with Crippen LogP contribution in [0.4, 0.5) is 0 Å². The van der Waals surface area contributed by atoms with E-state index in [4.69, 9.17) is 0 Å². The van der Waals surface area contributed by atoms with E-state index in [1.54, 1.807) is 0 Å². The molecule has 114 valence electrons. The lowest BCUT2D eigenvalue weighted by atomic mass is 10.1. The van der Waals surface area contributed by atoms with Gasteiger partial charge in [-0.25, -0.2) is 4.57 Å². The summed E-state index contributed by atoms with van der Waals surface area (Å²) in [5.41, 5.74) is 0. The first-order chi connectivity index (χ1) is 9.93. The van der Waals surface area contributed by atoms with Gasteiger partial charge in [-0.3, -0.25) is 0 Å². The molecule has 1 heterocycles. The monoisotopic (exact) mass is 277 g/mol. The van der Waals surface area contributed by atoms with Crippen molar-refractivity contribution in [1.29, 1.82) is 0 Å². The Morgan fingerprint density at radius 1 is 0.750 bits per heavy atom. The van der Waals surface area contributed by atoms with Gasteiger partial charge in [0, 0.05) is 6.07 Å². The molecular formula is C18H33N2+. The van der Waals surface area contributed by atoms with Crippen LogP contribution < -0.4 is 4.57 Å². The first kappa shape index (κ1) is 17.1. The van der Waals surface area contributed by atoms with Gasteiger partial charge in [-0.1, -0.05) is 76.1 Å². The summed E-state index contributed by atoms with van der Waals surface area (Å²) in [6.07, 6.45) is 22.8. The number of aromatic nitrogens is 2. The molecule has 1 rings (SSSR count). The summed E-state index contributed by atoms with van der Waals surface area (Å²) in [6.45, 7) is 3.40. The molecule has 1 aromatic rings. The highest BCUT2D eigenvalue weighted by atomic mass is 15.0. The number of hydrogen-bond acceptors (Lipinski definition) is 1. The number of hydrogen-bond donors (Lipinski definition) is 0. The van der Waals surface area contributed by atoms with Gasteiger partial charge < -0.3 is 0 Å². The molecule has 0 unspecified atom stereocenters. The first-order valence-electron chi connectivity index (χ1n) is 8.72. The molecule has 0 spiro atoms.